The number of benzene rings is 2. The molecule has 0 aromatic heterocycles. The first kappa shape index (κ1) is 20.3. The molecule has 1 saturated heterocycles. The van der Waals surface area contributed by atoms with Crippen molar-refractivity contribution in [1.29, 1.82) is 0 Å². The van der Waals surface area contributed by atoms with Gasteiger partial charge >= 0.3 is 0 Å². The summed E-state index contributed by atoms with van der Waals surface area (Å²) >= 11 is 0. The molecule has 7 nitrogen and oxygen atoms in total. The van der Waals surface area contributed by atoms with Gasteiger partial charge in [-0.15, -0.1) is 0 Å². The predicted octanol–water partition coefficient (Wildman–Crippen LogP) is 4.54. The molecule has 0 radical (unpaired) electrons. The molecule has 164 valence electrons. The van der Waals surface area contributed by atoms with Gasteiger partial charge in [-0.3, -0.25) is 4.90 Å². The Kier molecular flexibility index (Phi) is 5.78. The zero-order chi connectivity index (χ0) is 21.2. The molecular formula is C24H31N5O2. The normalized spacial score (nSPS) is 26.4. The molecule has 1 aliphatic carbocycles. The van der Waals surface area contributed by atoms with Crippen LogP contribution < -0.4 is 15.8 Å². The maximum atomic E-state index is 6.30. The van der Waals surface area contributed by atoms with Gasteiger partial charge in [-0.05, 0) is 50.4 Å². The first-order valence-corrected chi connectivity index (χ1v) is 11.3. The number of nitrogens with zero attached hydrogens (tertiary/aromatic N) is 3. The molecule has 3 aliphatic rings. The number of ether oxygens (including phenoxy) is 2. The van der Waals surface area contributed by atoms with Gasteiger partial charge in [0.05, 0.1) is 35.6 Å². The van der Waals surface area contributed by atoms with E-state index in [9.17, 15) is 0 Å². The summed E-state index contributed by atoms with van der Waals surface area (Å²) in [5, 5.41) is 12.7. The number of fused-ring (bicyclic) bond motifs is 1. The molecule has 2 fully saturated rings. The fourth-order valence-corrected chi connectivity index (χ4v) is 4.58. The minimum Gasteiger partial charge on any atom is -0.491 e. The summed E-state index contributed by atoms with van der Waals surface area (Å²) in [6.45, 7) is 2.59. The van der Waals surface area contributed by atoms with Crippen LogP contribution in [0.3, 0.4) is 0 Å². The van der Waals surface area contributed by atoms with E-state index >= 15 is 0 Å². The topological polar surface area (TPSA) is 84.5 Å². The van der Waals surface area contributed by atoms with E-state index in [1.807, 2.05) is 30.3 Å². The van der Waals surface area contributed by atoms with Crippen LogP contribution in [0.5, 0.6) is 5.75 Å². The molecule has 5 rings (SSSR count). The zero-order valence-electron chi connectivity index (χ0n) is 18.0. The highest BCUT2D eigenvalue weighted by Gasteiger charge is 2.37. The minimum atomic E-state index is 0.0530. The van der Waals surface area contributed by atoms with E-state index in [1.165, 1.54) is 0 Å². The van der Waals surface area contributed by atoms with Crippen LogP contribution in [-0.2, 0) is 4.74 Å². The second-order valence-electron chi connectivity index (χ2n) is 8.72. The molecule has 2 aromatic rings. The van der Waals surface area contributed by atoms with Gasteiger partial charge in [0, 0.05) is 19.2 Å². The lowest BCUT2D eigenvalue weighted by Crippen LogP contribution is -2.53. The quantitative estimate of drug-likeness (QED) is 0.528. The van der Waals surface area contributed by atoms with E-state index in [1.54, 1.807) is 7.11 Å². The maximum Gasteiger partial charge on any atom is 0.131 e. The van der Waals surface area contributed by atoms with Crippen LogP contribution >= 0.6 is 0 Å². The van der Waals surface area contributed by atoms with Crippen LogP contribution in [0.15, 0.2) is 52.7 Å². The summed E-state index contributed by atoms with van der Waals surface area (Å²) in [6.07, 6.45) is 4.73. The van der Waals surface area contributed by atoms with Crippen molar-refractivity contribution in [2.24, 2.45) is 10.2 Å². The molecule has 7 heteroatoms. The van der Waals surface area contributed by atoms with E-state index in [-0.39, 0.29) is 18.2 Å². The van der Waals surface area contributed by atoms with Crippen molar-refractivity contribution in [2.75, 3.05) is 37.9 Å². The van der Waals surface area contributed by atoms with E-state index in [0.29, 0.717) is 18.3 Å². The maximum absolute atomic E-state index is 6.30. The molecule has 2 aliphatic heterocycles. The Morgan fingerprint density at radius 3 is 2.84 bits per heavy atom. The Labute approximate surface area is 183 Å². The second-order valence-corrected chi connectivity index (χ2v) is 8.72. The molecule has 3 unspecified atom stereocenters. The van der Waals surface area contributed by atoms with Crippen LogP contribution in [0.2, 0.25) is 0 Å². The lowest BCUT2D eigenvalue weighted by atomic mass is 9.92. The number of nitrogens with two attached hydrogens (primary N) is 1. The Hall–Kier alpha value is -2.64. The average Bonchev–Trinajstić information content (AvgIpc) is 3.63. The molecule has 0 bridgehead atoms. The standard InChI is InChI=1S/C24H31N5O2/c1-30-17-6-5-13-29(14-17)21-15-31-22-10-3-2-7-18(22)23(21)26-20-9-4-8-19(25)24(20)28-27-16-11-12-16/h2-4,7-10,16-17,21,23,26H,5-6,11-15,25H2,1H3. The number of nitrogens with one attached hydrogen (secondary N) is 1. The second kappa shape index (κ2) is 8.85. The Morgan fingerprint density at radius 2 is 2.00 bits per heavy atom. The number of hydrogen-bond acceptors (Lipinski definition) is 7. The fraction of sp³-hybridized carbons (Fsp3) is 0.500. The first-order valence-electron chi connectivity index (χ1n) is 11.3. The van der Waals surface area contributed by atoms with E-state index < -0.39 is 0 Å². The molecule has 1 saturated carbocycles. The smallest absolute Gasteiger partial charge is 0.131 e. The number of methoxy groups -OCH3 is 1. The Bertz CT molecular complexity index is 945. The third-order valence-corrected chi connectivity index (χ3v) is 6.51. The van der Waals surface area contributed by atoms with Gasteiger partial charge in [-0.2, -0.15) is 10.2 Å². The van der Waals surface area contributed by atoms with Gasteiger partial charge in [-0.25, -0.2) is 0 Å². The van der Waals surface area contributed by atoms with Crippen molar-refractivity contribution in [2.45, 2.75) is 49.9 Å². The van der Waals surface area contributed by atoms with Gasteiger partial charge < -0.3 is 20.5 Å². The summed E-state index contributed by atoms with van der Waals surface area (Å²) in [7, 11) is 1.81. The monoisotopic (exact) mass is 421 g/mol. The van der Waals surface area contributed by atoms with Gasteiger partial charge in [0.1, 0.15) is 18.0 Å². The molecule has 3 N–H and O–H groups in total. The van der Waals surface area contributed by atoms with Gasteiger partial charge in [0.25, 0.3) is 0 Å². The molecule has 0 spiro atoms. The number of anilines is 2. The molecule has 3 atom stereocenters. The number of rotatable bonds is 6. The number of azo groups is 1. The molecule has 2 heterocycles. The lowest BCUT2D eigenvalue weighted by molar-refractivity contribution is -0.00266. The third-order valence-electron chi connectivity index (χ3n) is 6.51. The van der Waals surface area contributed by atoms with E-state index in [4.69, 9.17) is 15.2 Å². The van der Waals surface area contributed by atoms with E-state index in [0.717, 1.165) is 61.5 Å². The highest BCUT2D eigenvalue weighted by atomic mass is 16.5. The Balaban J connectivity index is 1.48. The molecule has 31 heavy (non-hydrogen) atoms. The highest BCUT2D eigenvalue weighted by molar-refractivity contribution is 5.78. The molecular weight excluding hydrogens is 390 g/mol. The molecule has 2 aromatic carbocycles. The van der Waals surface area contributed by atoms with Crippen molar-refractivity contribution in [1.82, 2.24) is 4.90 Å². The van der Waals surface area contributed by atoms with Crippen molar-refractivity contribution < 1.29 is 9.47 Å². The van der Waals surface area contributed by atoms with Crippen LogP contribution in [0.25, 0.3) is 0 Å². The largest absolute Gasteiger partial charge is 0.491 e. The van der Waals surface area contributed by atoms with Crippen molar-refractivity contribution in [3.05, 3.63) is 48.0 Å². The first-order chi connectivity index (χ1) is 15.2. The number of likely N-dealkylation sites (tertiary alicyclic amines) is 1. The number of hydrogen-bond donors (Lipinski definition) is 2. The van der Waals surface area contributed by atoms with Crippen LogP contribution in [-0.4, -0.2) is 49.9 Å². The summed E-state index contributed by atoms with van der Waals surface area (Å²) < 4.78 is 11.9. The fourth-order valence-electron chi connectivity index (χ4n) is 4.58. The minimum absolute atomic E-state index is 0.0530. The zero-order valence-corrected chi connectivity index (χ0v) is 18.0. The highest BCUT2D eigenvalue weighted by Crippen LogP contribution is 2.41. The van der Waals surface area contributed by atoms with Gasteiger partial charge in [-0.1, -0.05) is 24.3 Å². The summed E-state index contributed by atoms with van der Waals surface area (Å²) in [5.41, 5.74) is 9.74. The average molecular weight is 422 g/mol. The van der Waals surface area contributed by atoms with Crippen LogP contribution in [0.4, 0.5) is 17.1 Å². The summed E-state index contributed by atoms with van der Waals surface area (Å²) in [4.78, 5) is 2.50. The number of nitrogen functional groups attached to an aromatic ring is 1. The summed E-state index contributed by atoms with van der Waals surface area (Å²) in [5.74, 6) is 0.932. The summed E-state index contributed by atoms with van der Waals surface area (Å²) in [6, 6.07) is 14.8. The molecule has 0 amide bonds. The van der Waals surface area contributed by atoms with E-state index in [2.05, 4.69) is 32.6 Å². The van der Waals surface area contributed by atoms with Crippen LogP contribution in [0, 0.1) is 0 Å². The Morgan fingerprint density at radius 1 is 1.13 bits per heavy atom. The van der Waals surface area contributed by atoms with Crippen molar-refractivity contribution in [3.63, 3.8) is 0 Å². The predicted molar refractivity (Wildman–Crippen MR) is 122 cm³/mol. The van der Waals surface area contributed by atoms with Gasteiger partial charge in [0.2, 0.25) is 0 Å². The SMILES string of the molecule is COC1CCCN(C2COc3ccccc3C2Nc2cccc(N)c2N=NC2CC2)C1. The van der Waals surface area contributed by atoms with Crippen molar-refractivity contribution >= 4 is 17.1 Å². The lowest BCUT2D eigenvalue weighted by Gasteiger charge is -2.44. The van der Waals surface area contributed by atoms with Gasteiger partial charge in [0.15, 0.2) is 0 Å². The number of para-hydroxylation sites is 1. The van der Waals surface area contributed by atoms with Crippen LogP contribution in [0.1, 0.15) is 37.3 Å². The van der Waals surface area contributed by atoms with Crippen molar-refractivity contribution in [3.8, 4) is 5.75 Å². The number of piperidine rings is 1. The third kappa shape index (κ3) is 4.38.